The lowest BCUT2D eigenvalue weighted by Gasteiger charge is -2.35. The number of carbonyl (C=O) groups excluding carboxylic acids is 1. The van der Waals surface area contributed by atoms with Gasteiger partial charge in [0.1, 0.15) is 17.6 Å². The SMILES string of the molecule is Cl.Cn1c(=O)c(Cc2ccc(C(=N)N)cc2)nc2cc(C3(C(=O)N4CCCCC4C(=O)O)CC3)ccc21. The zero-order chi connectivity index (χ0) is 25.6. The molecular weight excluding hydrogens is 494 g/mol. The first kappa shape index (κ1) is 26.3. The molecule has 5 rings (SSSR count). The fourth-order valence-electron chi connectivity index (χ4n) is 5.26. The Kier molecular flexibility index (Phi) is 7.10. The summed E-state index contributed by atoms with van der Waals surface area (Å²) in [6, 6.07) is 11.9. The van der Waals surface area contributed by atoms with Crippen molar-refractivity contribution in [2.45, 2.75) is 50.0 Å². The zero-order valence-electron chi connectivity index (χ0n) is 20.6. The molecule has 2 aromatic carbocycles. The van der Waals surface area contributed by atoms with Crippen molar-refractivity contribution in [2.75, 3.05) is 6.54 Å². The van der Waals surface area contributed by atoms with E-state index in [1.165, 1.54) is 0 Å². The van der Waals surface area contributed by atoms with E-state index in [1.807, 2.05) is 30.3 Å². The number of likely N-dealkylation sites (tertiary alicyclic amines) is 1. The molecule has 9 nitrogen and oxygen atoms in total. The molecule has 2 aliphatic rings. The molecule has 2 heterocycles. The number of hydrogen-bond donors (Lipinski definition) is 3. The second-order valence-electron chi connectivity index (χ2n) is 9.84. The number of piperidine rings is 1. The van der Waals surface area contributed by atoms with E-state index in [1.54, 1.807) is 28.6 Å². The van der Waals surface area contributed by atoms with Crippen molar-refractivity contribution >= 4 is 41.2 Å². The highest BCUT2D eigenvalue weighted by molar-refractivity contribution is 5.95. The van der Waals surface area contributed by atoms with E-state index in [4.69, 9.17) is 11.1 Å². The third-order valence-corrected chi connectivity index (χ3v) is 7.54. The van der Waals surface area contributed by atoms with Gasteiger partial charge in [-0.05, 0) is 55.4 Å². The number of nitrogens with one attached hydrogen (secondary N) is 1. The predicted molar refractivity (Wildman–Crippen MR) is 142 cm³/mol. The number of nitrogen functional groups attached to an aromatic ring is 1. The van der Waals surface area contributed by atoms with Crippen LogP contribution in [0.5, 0.6) is 0 Å². The smallest absolute Gasteiger partial charge is 0.326 e. The van der Waals surface area contributed by atoms with Crippen LogP contribution in [0.1, 0.15) is 54.5 Å². The Morgan fingerprint density at radius 1 is 1.16 bits per heavy atom. The fourth-order valence-corrected chi connectivity index (χ4v) is 5.26. The molecule has 1 unspecified atom stereocenters. The summed E-state index contributed by atoms with van der Waals surface area (Å²) in [4.78, 5) is 44.6. The van der Waals surface area contributed by atoms with Crippen molar-refractivity contribution < 1.29 is 14.7 Å². The molecule has 1 saturated heterocycles. The van der Waals surface area contributed by atoms with Gasteiger partial charge in [-0.1, -0.05) is 30.3 Å². The van der Waals surface area contributed by atoms with Crippen LogP contribution in [0.2, 0.25) is 0 Å². The molecule has 1 aliphatic heterocycles. The maximum atomic E-state index is 13.6. The maximum absolute atomic E-state index is 13.6. The van der Waals surface area contributed by atoms with Gasteiger partial charge < -0.3 is 20.3 Å². The summed E-state index contributed by atoms with van der Waals surface area (Å²) < 4.78 is 1.57. The van der Waals surface area contributed by atoms with Crippen LogP contribution in [0.3, 0.4) is 0 Å². The van der Waals surface area contributed by atoms with E-state index < -0.39 is 17.4 Å². The molecule has 1 aliphatic carbocycles. The van der Waals surface area contributed by atoms with E-state index in [0.717, 1.165) is 24.0 Å². The molecule has 0 spiro atoms. The summed E-state index contributed by atoms with van der Waals surface area (Å²) in [6.45, 7) is 0.463. The summed E-state index contributed by atoms with van der Waals surface area (Å²) in [5, 5.41) is 17.2. The Balaban J connectivity index is 0.00000320. The molecule has 0 radical (unpaired) electrons. The molecule has 2 fully saturated rings. The van der Waals surface area contributed by atoms with E-state index in [2.05, 4.69) is 4.98 Å². The zero-order valence-corrected chi connectivity index (χ0v) is 21.4. The number of amides is 1. The van der Waals surface area contributed by atoms with E-state index in [9.17, 15) is 19.5 Å². The van der Waals surface area contributed by atoms with Gasteiger partial charge in [0.05, 0.1) is 16.4 Å². The van der Waals surface area contributed by atoms with Crippen LogP contribution in [-0.2, 0) is 28.5 Å². The highest BCUT2D eigenvalue weighted by atomic mass is 35.5. The number of aliphatic carboxylic acids is 1. The van der Waals surface area contributed by atoms with Gasteiger partial charge in [-0.15, -0.1) is 12.4 Å². The topological polar surface area (TPSA) is 142 Å². The lowest BCUT2D eigenvalue weighted by atomic mass is 9.91. The molecule has 1 saturated carbocycles. The number of carboxylic acids is 1. The minimum atomic E-state index is -0.949. The van der Waals surface area contributed by atoms with Crippen molar-refractivity contribution in [3.63, 3.8) is 0 Å². The van der Waals surface area contributed by atoms with Crippen LogP contribution in [0, 0.1) is 5.41 Å². The van der Waals surface area contributed by atoms with Crippen molar-refractivity contribution in [3.05, 3.63) is 75.2 Å². The largest absolute Gasteiger partial charge is 0.480 e. The average Bonchev–Trinajstić information content (AvgIpc) is 3.69. The number of aryl methyl sites for hydroxylation is 1. The van der Waals surface area contributed by atoms with Gasteiger partial charge in [-0.25, -0.2) is 9.78 Å². The number of nitrogens with two attached hydrogens (primary N) is 1. The van der Waals surface area contributed by atoms with E-state index in [-0.39, 0.29) is 29.7 Å². The number of benzene rings is 2. The van der Waals surface area contributed by atoms with Crippen LogP contribution in [0.4, 0.5) is 0 Å². The first-order chi connectivity index (χ1) is 17.2. The quantitative estimate of drug-likeness (QED) is 0.335. The lowest BCUT2D eigenvalue weighted by molar-refractivity contribution is -0.153. The van der Waals surface area contributed by atoms with E-state index >= 15 is 0 Å². The molecule has 194 valence electrons. The number of amidine groups is 1. The summed E-state index contributed by atoms with van der Waals surface area (Å²) >= 11 is 0. The highest BCUT2D eigenvalue weighted by Gasteiger charge is 2.54. The number of aromatic nitrogens is 2. The summed E-state index contributed by atoms with van der Waals surface area (Å²) in [5.41, 5.74) is 8.59. The van der Waals surface area contributed by atoms with Crippen LogP contribution in [0.15, 0.2) is 47.3 Å². The number of fused-ring (bicyclic) bond motifs is 1. The standard InChI is InChI=1S/C27H29N5O4.ClH/c1-31-21-10-9-18(27(11-12-27)26(36)32-13-3-2-4-22(32)25(34)35)15-19(21)30-20(24(31)33)14-16-5-7-17(8-6-16)23(28)29;/h5-10,15,22H,2-4,11-14H2,1H3,(H3,28,29)(H,34,35);1H. The number of carbonyl (C=O) groups is 2. The number of hydrogen-bond acceptors (Lipinski definition) is 5. The molecule has 1 amide bonds. The second-order valence-corrected chi connectivity index (χ2v) is 9.84. The van der Waals surface area contributed by atoms with Crippen LogP contribution >= 0.6 is 12.4 Å². The number of carboxylic acid groups (broad SMARTS) is 1. The third kappa shape index (κ3) is 4.71. The first-order valence-corrected chi connectivity index (χ1v) is 12.2. The highest BCUT2D eigenvalue weighted by Crippen LogP contribution is 2.50. The molecule has 1 atom stereocenters. The summed E-state index contributed by atoms with van der Waals surface area (Å²) in [6.07, 6.45) is 3.76. The Hall–Kier alpha value is -3.72. The van der Waals surface area contributed by atoms with Crippen molar-refractivity contribution in [1.82, 2.24) is 14.5 Å². The van der Waals surface area contributed by atoms with Gasteiger partial charge in [0.15, 0.2) is 0 Å². The molecule has 10 heteroatoms. The summed E-state index contributed by atoms with van der Waals surface area (Å²) in [5.74, 6) is -1.09. The second kappa shape index (κ2) is 9.97. The van der Waals surface area contributed by atoms with Gasteiger partial charge in [0.2, 0.25) is 5.91 Å². The predicted octanol–water partition coefficient (Wildman–Crippen LogP) is 2.73. The van der Waals surface area contributed by atoms with E-state index in [0.29, 0.717) is 54.5 Å². The lowest BCUT2D eigenvalue weighted by Crippen LogP contribution is -2.51. The molecule has 37 heavy (non-hydrogen) atoms. The van der Waals surface area contributed by atoms with Gasteiger partial charge in [0.25, 0.3) is 5.56 Å². The van der Waals surface area contributed by atoms with Crippen LogP contribution in [0.25, 0.3) is 11.0 Å². The molecule has 4 N–H and O–H groups in total. The normalized spacial score (nSPS) is 18.2. The Morgan fingerprint density at radius 3 is 2.49 bits per heavy atom. The Morgan fingerprint density at radius 2 is 1.86 bits per heavy atom. The number of nitrogens with zero attached hydrogens (tertiary/aromatic N) is 3. The van der Waals surface area contributed by atoms with Crippen LogP contribution < -0.4 is 11.3 Å². The van der Waals surface area contributed by atoms with Crippen molar-refractivity contribution in [1.29, 1.82) is 5.41 Å². The molecular formula is C27H30ClN5O4. The third-order valence-electron chi connectivity index (χ3n) is 7.54. The average molecular weight is 524 g/mol. The van der Waals surface area contributed by atoms with Gasteiger partial charge in [-0.2, -0.15) is 0 Å². The molecule has 3 aromatic rings. The number of halogens is 1. The minimum Gasteiger partial charge on any atom is -0.480 e. The first-order valence-electron chi connectivity index (χ1n) is 12.2. The molecule has 1 aromatic heterocycles. The summed E-state index contributed by atoms with van der Waals surface area (Å²) in [7, 11) is 1.71. The Bertz CT molecular complexity index is 1450. The number of rotatable bonds is 6. The van der Waals surface area contributed by atoms with Gasteiger partial charge in [-0.3, -0.25) is 15.0 Å². The maximum Gasteiger partial charge on any atom is 0.326 e. The minimum absolute atomic E-state index is 0. The fraction of sp³-hybridized carbons (Fsp3) is 0.370. The van der Waals surface area contributed by atoms with Crippen molar-refractivity contribution in [3.8, 4) is 0 Å². The van der Waals surface area contributed by atoms with Crippen LogP contribution in [-0.4, -0.2) is 49.9 Å². The van der Waals surface area contributed by atoms with Gasteiger partial charge >= 0.3 is 5.97 Å². The monoisotopic (exact) mass is 523 g/mol. The van der Waals surface area contributed by atoms with Gasteiger partial charge in [0, 0.05) is 25.6 Å². The molecule has 0 bridgehead atoms. The van der Waals surface area contributed by atoms with Crippen molar-refractivity contribution in [2.24, 2.45) is 12.8 Å². The Labute approximate surface area is 220 Å².